The Balaban J connectivity index is 2.47. The molecule has 0 amide bonds. The van der Waals surface area contributed by atoms with Crippen LogP contribution < -0.4 is 5.32 Å². The number of nitrogens with one attached hydrogen (secondary N) is 1. The Bertz CT molecular complexity index is 413. The molecule has 3 nitrogen and oxygen atoms in total. The minimum atomic E-state index is -4.30. The number of benzene rings is 1. The molecule has 0 bridgehead atoms. The Morgan fingerprint density at radius 2 is 1.70 bits per heavy atom. The molecule has 0 aliphatic rings. The molecule has 1 aromatic rings. The topological polar surface area (TPSA) is 35.5 Å². The summed E-state index contributed by atoms with van der Waals surface area (Å²) in [4.78, 5) is 1.87. The maximum Gasteiger partial charge on any atom is 0.416 e. The lowest BCUT2D eigenvalue weighted by atomic mass is 10.1. The smallest absolute Gasteiger partial charge is 0.388 e. The second-order valence-electron chi connectivity index (χ2n) is 5.53. The summed E-state index contributed by atoms with van der Waals surface area (Å²) in [5.74, 6) is 0. The first kappa shape index (κ1) is 16.9. The van der Waals surface area contributed by atoms with E-state index in [-0.39, 0.29) is 0 Å². The molecule has 0 radical (unpaired) electrons. The van der Waals surface area contributed by atoms with E-state index in [4.69, 9.17) is 0 Å². The van der Waals surface area contributed by atoms with Crippen LogP contribution in [0.2, 0.25) is 0 Å². The summed E-state index contributed by atoms with van der Waals surface area (Å²) in [6.07, 6.45) is -4.30. The van der Waals surface area contributed by atoms with E-state index < -0.39 is 17.3 Å². The molecule has 1 aromatic carbocycles. The van der Waals surface area contributed by atoms with Gasteiger partial charge in [-0.15, -0.1) is 0 Å². The van der Waals surface area contributed by atoms with Crippen molar-refractivity contribution in [3.8, 4) is 0 Å². The second-order valence-corrected chi connectivity index (χ2v) is 5.53. The van der Waals surface area contributed by atoms with E-state index in [9.17, 15) is 18.3 Å². The van der Waals surface area contributed by atoms with Crippen LogP contribution in [0, 0.1) is 0 Å². The van der Waals surface area contributed by atoms with Gasteiger partial charge in [-0.1, -0.05) is 12.1 Å². The summed E-state index contributed by atoms with van der Waals surface area (Å²) in [5, 5.41) is 13.1. The molecule has 20 heavy (non-hydrogen) atoms. The Hall–Kier alpha value is -1.11. The summed E-state index contributed by atoms with van der Waals surface area (Å²) in [6.45, 7) is 3.01. The lowest BCUT2D eigenvalue weighted by molar-refractivity contribution is -0.137. The normalized spacial score (nSPS) is 15.4. The molecule has 1 atom stereocenters. The van der Waals surface area contributed by atoms with Crippen molar-refractivity contribution in [1.29, 1.82) is 0 Å². The van der Waals surface area contributed by atoms with E-state index in [1.165, 1.54) is 12.1 Å². The minimum absolute atomic E-state index is 0.367. The lowest BCUT2D eigenvalue weighted by Gasteiger charge is -2.27. The van der Waals surface area contributed by atoms with E-state index in [1.807, 2.05) is 19.0 Å². The van der Waals surface area contributed by atoms with Crippen molar-refractivity contribution >= 4 is 0 Å². The molecule has 0 aliphatic heterocycles. The number of alkyl halides is 3. The zero-order valence-electron chi connectivity index (χ0n) is 12.0. The highest BCUT2D eigenvalue weighted by atomic mass is 19.4. The number of aliphatic hydroxyl groups is 1. The average molecular weight is 290 g/mol. The fourth-order valence-corrected chi connectivity index (χ4v) is 2.02. The van der Waals surface area contributed by atoms with E-state index in [2.05, 4.69) is 5.32 Å². The van der Waals surface area contributed by atoms with Gasteiger partial charge in [-0.05, 0) is 38.7 Å². The first-order valence-corrected chi connectivity index (χ1v) is 6.34. The van der Waals surface area contributed by atoms with Crippen LogP contribution >= 0.6 is 0 Å². The highest BCUT2D eigenvalue weighted by Gasteiger charge is 2.29. The van der Waals surface area contributed by atoms with Crippen LogP contribution in [0.25, 0.3) is 0 Å². The standard InChI is InChI=1S/C14H21F3N2O/c1-13(20,10-19(2)3)9-18-8-11-4-6-12(7-5-11)14(15,16)17/h4-7,18,20H,8-10H2,1-3H3. The fourth-order valence-electron chi connectivity index (χ4n) is 2.02. The van der Waals surface area contributed by atoms with Crippen molar-refractivity contribution in [3.05, 3.63) is 35.4 Å². The van der Waals surface area contributed by atoms with Gasteiger partial charge in [-0.2, -0.15) is 13.2 Å². The third-order valence-corrected chi connectivity index (χ3v) is 2.77. The van der Waals surface area contributed by atoms with E-state index in [0.29, 0.717) is 19.6 Å². The average Bonchev–Trinajstić information content (AvgIpc) is 2.26. The van der Waals surface area contributed by atoms with Gasteiger partial charge in [-0.25, -0.2) is 0 Å². The van der Waals surface area contributed by atoms with Crippen LogP contribution in [0.4, 0.5) is 13.2 Å². The van der Waals surface area contributed by atoms with E-state index in [0.717, 1.165) is 17.7 Å². The molecule has 6 heteroatoms. The Morgan fingerprint density at radius 1 is 1.15 bits per heavy atom. The number of nitrogens with zero attached hydrogens (tertiary/aromatic N) is 1. The maximum atomic E-state index is 12.4. The van der Waals surface area contributed by atoms with Gasteiger partial charge in [0.05, 0.1) is 11.2 Å². The monoisotopic (exact) mass is 290 g/mol. The fraction of sp³-hybridized carbons (Fsp3) is 0.571. The zero-order chi connectivity index (χ0) is 15.4. The van der Waals surface area contributed by atoms with Crippen LogP contribution in [0.15, 0.2) is 24.3 Å². The number of likely N-dealkylation sites (N-methyl/N-ethyl adjacent to an activating group) is 1. The quantitative estimate of drug-likeness (QED) is 0.842. The summed E-state index contributed by atoms with van der Waals surface area (Å²) in [5.41, 5.74) is -0.783. The molecule has 114 valence electrons. The molecule has 1 unspecified atom stereocenters. The van der Waals surface area contributed by atoms with Crippen LogP contribution in [0.5, 0.6) is 0 Å². The van der Waals surface area contributed by atoms with Crippen molar-refractivity contribution in [3.63, 3.8) is 0 Å². The van der Waals surface area contributed by atoms with Crippen molar-refractivity contribution < 1.29 is 18.3 Å². The first-order chi connectivity index (χ1) is 9.10. The molecule has 0 saturated carbocycles. The number of hydrogen-bond donors (Lipinski definition) is 2. The van der Waals surface area contributed by atoms with Crippen molar-refractivity contribution in [2.75, 3.05) is 27.2 Å². The molecule has 0 spiro atoms. The molecule has 0 aliphatic carbocycles. The van der Waals surface area contributed by atoms with Crippen LogP contribution in [-0.4, -0.2) is 42.8 Å². The molecular weight excluding hydrogens is 269 g/mol. The Labute approximate surface area is 117 Å². The third kappa shape index (κ3) is 5.90. The SMILES string of the molecule is CN(C)CC(C)(O)CNCc1ccc(C(F)(F)F)cc1. The molecule has 0 aromatic heterocycles. The first-order valence-electron chi connectivity index (χ1n) is 6.34. The van der Waals surface area contributed by atoms with Gasteiger partial charge >= 0.3 is 6.18 Å². The van der Waals surface area contributed by atoms with Gasteiger partial charge in [0, 0.05) is 19.6 Å². The Morgan fingerprint density at radius 3 is 2.15 bits per heavy atom. The van der Waals surface area contributed by atoms with Gasteiger partial charge in [-0.3, -0.25) is 0 Å². The molecule has 2 N–H and O–H groups in total. The van der Waals surface area contributed by atoms with E-state index >= 15 is 0 Å². The molecule has 0 heterocycles. The largest absolute Gasteiger partial charge is 0.416 e. The molecule has 0 fully saturated rings. The highest BCUT2D eigenvalue weighted by molar-refractivity contribution is 5.24. The van der Waals surface area contributed by atoms with Crippen LogP contribution in [0.3, 0.4) is 0 Å². The molecule has 0 saturated heterocycles. The second kappa shape index (κ2) is 6.56. The number of halogens is 3. The number of rotatable bonds is 6. The third-order valence-electron chi connectivity index (χ3n) is 2.77. The Kier molecular flexibility index (Phi) is 5.56. The number of hydrogen-bond acceptors (Lipinski definition) is 3. The van der Waals surface area contributed by atoms with Crippen LogP contribution in [0.1, 0.15) is 18.1 Å². The summed E-state index contributed by atoms with van der Waals surface area (Å²) >= 11 is 0. The predicted molar refractivity (Wildman–Crippen MR) is 72.3 cm³/mol. The maximum absolute atomic E-state index is 12.4. The molecule has 1 rings (SSSR count). The van der Waals surface area contributed by atoms with Crippen molar-refractivity contribution in [2.24, 2.45) is 0 Å². The van der Waals surface area contributed by atoms with Gasteiger partial charge < -0.3 is 15.3 Å². The predicted octanol–water partition coefficient (Wildman–Crippen LogP) is 2.11. The van der Waals surface area contributed by atoms with Crippen molar-refractivity contribution in [2.45, 2.75) is 25.2 Å². The lowest BCUT2D eigenvalue weighted by Crippen LogP contribution is -2.45. The zero-order valence-corrected chi connectivity index (χ0v) is 12.0. The van der Waals surface area contributed by atoms with Gasteiger partial charge in [0.1, 0.15) is 0 Å². The van der Waals surface area contributed by atoms with Gasteiger partial charge in [0.15, 0.2) is 0 Å². The molecular formula is C14H21F3N2O. The van der Waals surface area contributed by atoms with Gasteiger partial charge in [0.2, 0.25) is 0 Å². The highest BCUT2D eigenvalue weighted by Crippen LogP contribution is 2.29. The summed E-state index contributed by atoms with van der Waals surface area (Å²) in [6, 6.07) is 5.01. The summed E-state index contributed by atoms with van der Waals surface area (Å²) < 4.78 is 37.2. The van der Waals surface area contributed by atoms with Gasteiger partial charge in [0.25, 0.3) is 0 Å². The van der Waals surface area contributed by atoms with Crippen LogP contribution in [-0.2, 0) is 12.7 Å². The van der Waals surface area contributed by atoms with Crippen molar-refractivity contribution in [1.82, 2.24) is 10.2 Å². The minimum Gasteiger partial charge on any atom is -0.388 e. The summed E-state index contributed by atoms with van der Waals surface area (Å²) in [7, 11) is 3.73. The van der Waals surface area contributed by atoms with E-state index in [1.54, 1.807) is 6.92 Å².